The molecule has 2 unspecified atom stereocenters. The average Bonchev–Trinajstić information content (AvgIpc) is 2.88. The van der Waals surface area contributed by atoms with Crippen molar-refractivity contribution < 1.29 is 14.7 Å². The van der Waals surface area contributed by atoms with Crippen molar-refractivity contribution in [3.8, 4) is 12.3 Å². The molecule has 1 rings (SSSR count). The van der Waals surface area contributed by atoms with E-state index in [4.69, 9.17) is 11.5 Å². The first kappa shape index (κ1) is 15.1. The molecule has 0 aliphatic rings. The Kier molecular flexibility index (Phi) is 5.90. The topological polar surface area (TPSA) is 78.4 Å². The standard InChI is InChI=1S/C13H16N2O3S/c1-3-6-9(4-2)14-13(18)15-11(12(16)17)10-7-5-8-19-10/h2,5,7-9,11H,3,6H2,1H3,(H,16,17)(H2,14,15,18). The summed E-state index contributed by atoms with van der Waals surface area (Å²) in [5.41, 5.74) is 0. The number of hydrogen-bond donors (Lipinski definition) is 3. The molecule has 0 saturated heterocycles. The Hall–Kier alpha value is -2.00. The predicted molar refractivity (Wildman–Crippen MR) is 73.9 cm³/mol. The second kappa shape index (κ2) is 7.44. The van der Waals surface area contributed by atoms with Crippen LogP contribution in [0.5, 0.6) is 0 Å². The number of terminal acetylenes is 1. The van der Waals surface area contributed by atoms with Gasteiger partial charge in [-0.25, -0.2) is 9.59 Å². The lowest BCUT2D eigenvalue weighted by Crippen LogP contribution is -2.44. The zero-order valence-electron chi connectivity index (χ0n) is 10.6. The van der Waals surface area contributed by atoms with Gasteiger partial charge in [-0.05, 0) is 17.9 Å². The van der Waals surface area contributed by atoms with E-state index in [2.05, 4.69) is 16.6 Å². The fourth-order valence-corrected chi connectivity index (χ4v) is 2.29. The van der Waals surface area contributed by atoms with Crippen LogP contribution < -0.4 is 10.6 Å². The van der Waals surface area contributed by atoms with E-state index < -0.39 is 18.0 Å². The van der Waals surface area contributed by atoms with Crippen molar-refractivity contribution in [3.05, 3.63) is 22.4 Å². The molecule has 1 aromatic heterocycles. The number of amides is 2. The summed E-state index contributed by atoms with van der Waals surface area (Å²) in [5.74, 6) is 1.35. The fraction of sp³-hybridized carbons (Fsp3) is 0.385. The molecule has 2 amide bonds. The van der Waals surface area contributed by atoms with Gasteiger partial charge >= 0.3 is 12.0 Å². The molecule has 0 aliphatic heterocycles. The van der Waals surface area contributed by atoms with Crippen LogP contribution in [0.4, 0.5) is 4.79 Å². The van der Waals surface area contributed by atoms with Gasteiger partial charge in [-0.1, -0.05) is 25.3 Å². The minimum absolute atomic E-state index is 0.386. The summed E-state index contributed by atoms with van der Waals surface area (Å²) in [7, 11) is 0. The molecular formula is C13H16N2O3S. The van der Waals surface area contributed by atoms with Gasteiger partial charge in [-0.3, -0.25) is 0 Å². The highest BCUT2D eigenvalue weighted by atomic mass is 32.1. The summed E-state index contributed by atoms with van der Waals surface area (Å²) < 4.78 is 0. The maximum absolute atomic E-state index is 11.7. The van der Waals surface area contributed by atoms with Crippen LogP contribution in [0.2, 0.25) is 0 Å². The maximum Gasteiger partial charge on any atom is 0.331 e. The molecule has 1 heterocycles. The summed E-state index contributed by atoms with van der Waals surface area (Å²) in [4.78, 5) is 23.4. The van der Waals surface area contributed by atoms with Gasteiger partial charge in [-0.2, -0.15) is 0 Å². The van der Waals surface area contributed by atoms with Crippen LogP contribution in [-0.4, -0.2) is 23.1 Å². The highest BCUT2D eigenvalue weighted by Gasteiger charge is 2.23. The minimum atomic E-state index is -1.11. The lowest BCUT2D eigenvalue weighted by Gasteiger charge is -2.16. The lowest BCUT2D eigenvalue weighted by molar-refractivity contribution is -0.139. The van der Waals surface area contributed by atoms with Crippen LogP contribution in [0.25, 0.3) is 0 Å². The first-order chi connectivity index (χ1) is 9.08. The van der Waals surface area contributed by atoms with Crippen LogP contribution in [-0.2, 0) is 4.79 Å². The van der Waals surface area contributed by atoms with Crippen LogP contribution in [0.3, 0.4) is 0 Å². The Morgan fingerprint density at radius 1 is 1.53 bits per heavy atom. The zero-order chi connectivity index (χ0) is 14.3. The van der Waals surface area contributed by atoms with E-state index in [0.29, 0.717) is 11.3 Å². The van der Waals surface area contributed by atoms with E-state index in [9.17, 15) is 9.59 Å². The van der Waals surface area contributed by atoms with Gasteiger partial charge in [0, 0.05) is 4.88 Å². The monoisotopic (exact) mass is 280 g/mol. The molecule has 2 atom stereocenters. The van der Waals surface area contributed by atoms with Gasteiger partial charge < -0.3 is 15.7 Å². The molecule has 0 aromatic carbocycles. The number of urea groups is 1. The smallest absolute Gasteiger partial charge is 0.331 e. The van der Waals surface area contributed by atoms with Crippen molar-refractivity contribution >= 4 is 23.3 Å². The van der Waals surface area contributed by atoms with Crippen LogP contribution in [0.1, 0.15) is 30.7 Å². The molecule has 0 saturated carbocycles. The molecule has 0 aliphatic carbocycles. The largest absolute Gasteiger partial charge is 0.479 e. The molecule has 102 valence electrons. The number of hydrogen-bond acceptors (Lipinski definition) is 3. The number of carboxylic acid groups (broad SMARTS) is 1. The van der Waals surface area contributed by atoms with Gasteiger partial charge in [-0.15, -0.1) is 17.8 Å². The summed E-state index contributed by atoms with van der Waals surface area (Å²) in [6, 6.07) is 1.38. The Morgan fingerprint density at radius 3 is 2.74 bits per heavy atom. The molecule has 6 heteroatoms. The van der Waals surface area contributed by atoms with E-state index in [-0.39, 0.29) is 6.04 Å². The zero-order valence-corrected chi connectivity index (χ0v) is 11.4. The minimum Gasteiger partial charge on any atom is -0.479 e. The fourth-order valence-electron chi connectivity index (χ4n) is 1.53. The molecule has 0 bridgehead atoms. The summed E-state index contributed by atoms with van der Waals surface area (Å²) in [5, 5.41) is 15.8. The van der Waals surface area contributed by atoms with Crippen LogP contribution >= 0.6 is 11.3 Å². The van der Waals surface area contributed by atoms with Gasteiger partial charge in [0.2, 0.25) is 0 Å². The molecule has 0 spiro atoms. The van der Waals surface area contributed by atoms with Crippen LogP contribution in [0.15, 0.2) is 17.5 Å². The summed E-state index contributed by atoms with van der Waals surface area (Å²) in [6.45, 7) is 1.95. The van der Waals surface area contributed by atoms with E-state index in [1.54, 1.807) is 17.5 Å². The van der Waals surface area contributed by atoms with Gasteiger partial charge in [0.15, 0.2) is 6.04 Å². The average molecular weight is 280 g/mol. The normalized spacial score (nSPS) is 13.1. The highest BCUT2D eigenvalue weighted by molar-refractivity contribution is 7.10. The van der Waals surface area contributed by atoms with Crippen molar-refractivity contribution in [2.24, 2.45) is 0 Å². The summed E-state index contributed by atoms with van der Waals surface area (Å²) in [6.07, 6.45) is 6.77. The van der Waals surface area contributed by atoms with E-state index >= 15 is 0 Å². The number of rotatable bonds is 6. The molecule has 1 aromatic rings. The predicted octanol–water partition coefficient (Wildman–Crippen LogP) is 1.97. The number of aliphatic carboxylic acids is 1. The molecule has 0 fully saturated rings. The third-order valence-electron chi connectivity index (χ3n) is 2.43. The van der Waals surface area contributed by atoms with Crippen molar-refractivity contribution in [3.63, 3.8) is 0 Å². The molecule has 5 nitrogen and oxygen atoms in total. The number of carboxylic acids is 1. The molecular weight excluding hydrogens is 264 g/mol. The van der Waals surface area contributed by atoms with Crippen molar-refractivity contribution in [1.29, 1.82) is 0 Å². The third-order valence-corrected chi connectivity index (χ3v) is 3.37. The van der Waals surface area contributed by atoms with Crippen molar-refractivity contribution in [1.82, 2.24) is 10.6 Å². The highest BCUT2D eigenvalue weighted by Crippen LogP contribution is 2.18. The number of nitrogens with one attached hydrogen (secondary N) is 2. The Labute approximate surface area is 116 Å². The summed E-state index contributed by atoms with van der Waals surface area (Å²) >= 11 is 1.27. The van der Waals surface area contributed by atoms with E-state index in [1.165, 1.54) is 11.3 Å². The first-order valence-corrected chi connectivity index (χ1v) is 6.75. The number of carbonyl (C=O) groups is 2. The second-order valence-corrected chi connectivity index (χ2v) is 4.89. The van der Waals surface area contributed by atoms with E-state index in [0.717, 1.165) is 6.42 Å². The van der Waals surface area contributed by atoms with Gasteiger partial charge in [0.05, 0.1) is 6.04 Å². The maximum atomic E-state index is 11.7. The quantitative estimate of drug-likeness (QED) is 0.697. The third kappa shape index (κ3) is 4.64. The Bertz CT molecular complexity index is 465. The lowest BCUT2D eigenvalue weighted by atomic mass is 10.2. The SMILES string of the molecule is C#CC(CCC)NC(=O)NC(C(=O)O)c1cccs1. The van der Waals surface area contributed by atoms with Crippen molar-refractivity contribution in [2.75, 3.05) is 0 Å². The van der Waals surface area contributed by atoms with Crippen LogP contribution in [0, 0.1) is 12.3 Å². The molecule has 19 heavy (non-hydrogen) atoms. The second-order valence-electron chi connectivity index (χ2n) is 3.91. The van der Waals surface area contributed by atoms with Crippen molar-refractivity contribution in [2.45, 2.75) is 31.8 Å². The molecule has 3 N–H and O–H groups in total. The Morgan fingerprint density at radius 2 is 2.26 bits per heavy atom. The number of thiophene rings is 1. The first-order valence-electron chi connectivity index (χ1n) is 5.87. The number of carbonyl (C=O) groups excluding carboxylic acids is 1. The Balaban J connectivity index is 2.63. The van der Waals surface area contributed by atoms with Gasteiger partial charge in [0.25, 0.3) is 0 Å². The van der Waals surface area contributed by atoms with Gasteiger partial charge in [0.1, 0.15) is 0 Å². The molecule has 0 radical (unpaired) electrons. The van der Waals surface area contributed by atoms with E-state index in [1.807, 2.05) is 6.92 Å².